The zero-order valence-corrected chi connectivity index (χ0v) is 16.4. The van der Waals surface area contributed by atoms with E-state index in [-0.39, 0.29) is 18.2 Å². The van der Waals surface area contributed by atoms with Gasteiger partial charge in [-0.25, -0.2) is 15.1 Å². The molecule has 1 aromatic rings. The largest absolute Gasteiger partial charge is 0.385 e. The van der Waals surface area contributed by atoms with Gasteiger partial charge in [0.25, 0.3) is 5.91 Å². The van der Waals surface area contributed by atoms with Crippen LogP contribution in [0.25, 0.3) is 0 Å². The fourth-order valence-corrected chi connectivity index (χ4v) is 3.37. The number of ether oxygens (including phenoxy) is 2. The van der Waals surface area contributed by atoms with Crippen molar-refractivity contribution in [3.8, 4) is 0 Å². The molecule has 1 unspecified atom stereocenters. The van der Waals surface area contributed by atoms with Gasteiger partial charge in [0.1, 0.15) is 0 Å². The monoisotopic (exact) mass is 391 g/mol. The third kappa shape index (κ3) is 5.67. The summed E-state index contributed by atoms with van der Waals surface area (Å²) >= 11 is 0. The maximum absolute atomic E-state index is 12.3. The molecule has 0 saturated carbocycles. The Morgan fingerprint density at radius 2 is 2.18 bits per heavy atom. The first-order chi connectivity index (χ1) is 13.7. The molecule has 0 radical (unpaired) electrons. The first-order valence-corrected chi connectivity index (χ1v) is 9.88. The van der Waals surface area contributed by atoms with Crippen molar-refractivity contribution in [3.63, 3.8) is 0 Å². The summed E-state index contributed by atoms with van der Waals surface area (Å²) in [5, 5.41) is 2.91. The Bertz CT molecular complexity index is 676. The van der Waals surface area contributed by atoms with Crippen molar-refractivity contribution in [2.45, 2.75) is 44.9 Å². The van der Waals surface area contributed by atoms with Gasteiger partial charge in [0.05, 0.1) is 0 Å². The molecule has 28 heavy (non-hydrogen) atoms. The molecule has 154 valence electrons. The van der Waals surface area contributed by atoms with Crippen LogP contribution in [-0.4, -0.2) is 56.5 Å². The van der Waals surface area contributed by atoms with Crippen LogP contribution >= 0.6 is 0 Å². The third-order valence-corrected chi connectivity index (χ3v) is 4.99. The predicted molar refractivity (Wildman–Crippen MR) is 103 cm³/mol. The van der Waals surface area contributed by atoms with Crippen molar-refractivity contribution >= 4 is 11.9 Å². The quantitative estimate of drug-likeness (QED) is 0.548. The number of nitrogens with zero attached hydrogens (tertiary/aromatic N) is 1. The Labute approximate surface area is 165 Å². The molecule has 2 N–H and O–H groups in total. The molecule has 8 nitrogen and oxygen atoms in total. The number of rotatable bonds is 7. The second-order valence-electron chi connectivity index (χ2n) is 7.08. The van der Waals surface area contributed by atoms with E-state index < -0.39 is 0 Å². The average Bonchev–Trinajstić information content (AvgIpc) is 2.75. The van der Waals surface area contributed by atoms with Gasteiger partial charge in [0, 0.05) is 51.9 Å². The summed E-state index contributed by atoms with van der Waals surface area (Å²) in [6.07, 6.45) is 3.99. The third-order valence-electron chi connectivity index (χ3n) is 4.99. The fraction of sp³-hybridized carbons (Fsp3) is 0.600. The summed E-state index contributed by atoms with van der Waals surface area (Å²) in [6, 6.07) is 5.48. The summed E-state index contributed by atoms with van der Waals surface area (Å²) in [5.41, 5.74) is 5.18. The lowest BCUT2D eigenvalue weighted by Gasteiger charge is -2.29. The van der Waals surface area contributed by atoms with E-state index in [1.165, 1.54) is 0 Å². The van der Waals surface area contributed by atoms with Gasteiger partial charge in [-0.3, -0.25) is 4.79 Å². The lowest BCUT2D eigenvalue weighted by Crippen LogP contribution is -2.43. The molecule has 1 atom stereocenters. The summed E-state index contributed by atoms with van der Waals surface area (Å²) < 4.78 is 10.4. The van der Waals surface area contributed by atoms with Crippen LogP contribution in [0.2, 0.25) is 0 Å². The average molecular weight is 391 g/mol. The van der Waals surface area contributed by atoms with Crippen molar-refractivity contribution in [2.75, 3.05) is 33.4 Å². The minimum atomic E-state index is -0.369. The van der Waals surface area contributed by atoms with Gasteiger partial charge in [-0.05, 0) is 48.9 Å². The highest BCUT2D eigenvalue weighted by Crippen LogP contribution is 2.21. The molecule has 3 rings (SSSR count). The van der Waals surface area contributed by atoms with Gasteiger partial charge in [0.2, 0.25) is 0 Å². The van der Waals surface area contributed by atoms with Crippen molar-refractivity contribution in [3.05, 3.63) is 34.9 Å². The fourth-order valence-electron chi connectivity index (χ4n) is 3.37. The van der Waals surface area contributed by atoms with Gasteiger partial charge < -0.3 is 19.7 Å². The maximum atomic E-state index is 12.3. The Balaban J connectivity index is 1.50. The molecule has 2 aliphatic heterocycles. The number of carbonyl (C=O) groups is 2. The van der Waals surface area contributed by atoms with E-state index in [0.717, 1.165) is 36.8 Å². The van der Waals surface area contributed by atoms with Crippen LogP contribution in [0.5, 0.6) is 0 Å². The van der Waals surface area contributed by atoms with Crippen molar-refractivity contribution in [2.24, 2.45) is 0 Å². The molecule has 0 aromatic heterocycles. The van der Waals surface area contributed by atoms with Crippen LogP contribution in [0.15, 0.2) is 18.2 Å². The number of hydrogen-bond donors (Lipinski definition) is 2. The number of carbonyl (C=O) groups excluding carboxylic acids is 2. The highest BCUT2D eigenvalue weighted by molar-refractivity contribution is 5.93. The molecule has 1 fully saturated rings. The molecule has 0 aliphatic carbocycles. The Morgan fingerprint density at radius 1 is 1.29 bits per heavy atom. The van der Waals surface area contributed by atoms with E-state index in [4.69, 9.17) is 14.3 Å². The number of methoxy groups -OCH3 is 1. The molecule has 0 spiro atoms. The van der Waals surface area contributed by atoms with E-state index in [9.17, 15) is 9.59 Å². The molecular weight excluding hydrogens is 362 g/mol. The smallest absolute Gasteiger partial charge is 0.317 e. The number of amides is 3. The predicted octanol–water partition coefficient (Wildman–Crippen LogP) is 1.98. The van der Waals surface area contributed by atoms with Crippen molar-refractivity contribution < 1.29 is 23.9 Å². The molecule has 0 bridgehead atoms. The number of fused-ring (bicyclic) bond motifs is 1. The van der Waals surface area contributed by atoms with Crippen LogP contribution in [0.4, 0.5) is 4.79 Å². The zero-order valence-electron chi connectivity index (χ0n) is 16.4. The van der Waals surface area contributed by atoms with E-state index in [2.05, 4.69) is 10.8 Å². The van der Waals surface area contributed by atoms with Crippen LogP contribution in [0, 0.1) is 0 Å². The van der Waals surface area contributed by atoms with E-state index in [0.29, 0.717) is 44.8 Å². The molecular formula is C20H29N3O5. The molecule has 2 aliphatic rings. The van der Waals surface area contributed by atoms with Crippen LogP contribution in [-0.2, 0) is 27.3 Å². The molecule has 8 heteroatoms. The Hall–Kier alpha value is -2.16. The summed E-state index contributed by atoms with van der Waals surface area (Å²) in [6.45, 7) is 3.06. The zero-order chi connectivity index (χ0) is 19.8. The number of nitrogens with one attached hydrogen (secondary N) is 2. The van der Waals surface area contributed by atoms with Gasteiger partial charge in [-0.1, -0.05) is 6.07 Å². The van der Waals surface area contributed by atoms with Crippen molar-refractivity contribution in [1.29, 1.82) is 0 Å². The second-order valence-corrected chi connectivity index (χ2v) is 7.08. The Morgan fingerprint density at radius 3 is 2.96 bits per heavy atom. The minimum absolute atomic E-state index is 0.0653. The van der Waals surface area contributed by atoms with E-state index in [1.807, 2.05) is 12.1 Å². The van der Waals surface area contributed by atoms with E-state index >= 15 is 0 Å². The minimum Gasteiger partial charge on any atom is -0.385 e. The molecule has 3 amide bonds. The molecule has 1 aromatic carbocycles. The summed E-state index contributed by atoms with van der Waals surface area (Å²) in [7, 11) is 1.65. The second kappa shape index (κ2) is 10.4. The molecule has 1 saturated heterocycles. The van der Waals surface area contributed by atoms with Gasteiger partial charge >= 0.3 is 6.03 Å². The Kier molecular flexibility index (Phi) is 7.64. The maximum Gasteiger partial charge on any atom is 0.317 e. The highest BCUT2D eigenvalue weighted by Gasteiger charge is 2.22. The van der Waals surface area contributed by atoms with Gasteiger partial charge in [0.15, 0.2) is 6.29 Å². The van der Waals surface area contributed by atoms with Crippen molar-refractivity contribution in [1.82, 2.24) is 15.7 Å². The van der Waals surface area contributed by atoms with Crippen LogP contribution < -0.4 is 10.8 Å². The number of hydrogen-bond acceptors (Lipinski definition) is 5. The SMILES string of the molecule is COCCCNC(=O)N1CCc2cc(C(=O)NOC3CCCCO3)ccc2C1. The van der Waals surface area contributed by atoms with E-state index in [1.54, 1.807) is 18.1 Å². The lowest BCUT2D eigenvalue weighted by molar-refractivity contribution is -0.186. The van der Waals surface area contributed by atoms with Gasteiger partial charge in [-0.2, -0.15) is 0 Å². The summed E-state index contributed by atoms with van der Waals surface area (Å²) in [5.74, 6) is -0.282. The number of hydroxylamine groups is 1. The first kappa shape index (κ1) is 20.6. The molecule has 2 heterocycles. The topological polar surface area (TPSA) is 89.1 Å². The first-order valence-electron chi connectivity index (χ1n) is 9.88. The lowest BCUT2D eigenvalue weighted by atomic mass is 9.97. The standard InChI is InChI=1S/C20H29N3O5/c1-26-11-4-9-21-20(25)23-10-8-15-13-16(6-7-17(15)14-23)19(24)22-28-18-5-2-3-12-27-18/h6-7,13,18H,2-5,8-12,14H2,1H3,(H,21,25)(H,22,24). The highest BCUT2D eigenvalue weighted by atomic mass is 16.8. The van der Waals surface area contributed by atoms with Crippen LogP contribution in [0.1, 0.15) is 47.2 Å². The summed E-state index contributed by atoms with van der Waals surface area (Å²) in [4.78, 5) is 31.7. The number of benzene rings is 1. The van der Waals surface area contributed by atoms with Crippen LogP contribution in [0.3, 0.4) is 0 Å². The van der Waals surface area contributed by atoms with Gasteiger partial charge in [-0.15, -0.1) is 0 Å². The number of urea groups is 1. The normalized spacial score (nSPS) is 19.0.